The van der Waals surface area contributed by atoms with Crippen molar-refractivity contribution in [2.45, 2.75) is 0 Å². The van der Waals surface area contributed by atoms with E-state index < -0.39 is 0 Å². The Labute approximate surface area is 232 Å². The highest BCUT2D eigenvalue weighted by Crippen LogP contribution is 2.46. The van der Waals surface area contributed by atoms with E-state index in [2.05, 4.69) is 109 Å². The summed E-state index contributed by atoms with van der Waals surface area (Å²) < 4.78 is 19.5. The lowest BCUT2D eigenvalue weighted by molar-refractivity contribution is 0.633. The normalized spacial score (nSPS) is 12.4. The van der Waals surface area contributed by atoms with Gasteiger partial charge in [0.05, 0.1) is 0 Å². The zero-order chi connectivity index (χ0) is 26.7. The Morgan fingerprint density at radius 3 is 1.80 bits per heavy atom. The summed E-state index contributed by atoms with van der Waals surface area (Å²) in [6, 6.07) is 42.4. The summed E-state index contributed by atoms with van der Waals surface area (Å²) in [5, 5.41) is 11.3. The second-order valence-electron chi connectivity index (χ2n) is 10.8. The van der Waals surface area contributed by atoms with Crippen molar-refractivity contribution in [3.8, 4) is 11.1 Å². The van der Waals surface area contributed by atoms with Crippen LogP contribution in [-0.4, -0.2) is 0 Å². The van der Waals surface area contributed by atoms with Crippen LogP contribution in [0.1, 0.15) is 0 Å². The van der Waals surface area contributed by atoms with E-state index in [-0.39, 0.29) is 0 Å². The largest absolute Gasteiger partial charge is 0.455 e. The molecule has 0 aliphatic carbocycles. The van der Waals surface area contributed by atoms with Crippen molar-refractivity contribution in [2.75, 3.05) is 0 Å². The van der Waals surface area contributed by atoms with Crippen LogP contribution < -0.4 is 0 Å². The third-order valence-electron chi connectivity index (χ3n) is 8.65. The highest BCUT2D eigenvalue weighted by Gasteiger charge is 2.21. The third-order valence-corrected chi connectivity index (χ3v) is 8.65. The van der Waals surface area contributed by atoms with Crippen LogP contribution in [0.3, 0.4) is 0 Å². The number of fused-ring (bicyclic) bond motifs is 15. The molecular weight excluding hydrogens is 504 g/mol. The molecule has 3 heteroatoms. The monoisotopic (exact) mass is 524 g/mol. The first-order valence-corrected chi connectivity index (χ1v) is 13.8. The summed E-state index contributed by atoms with van der Waals surface area (Å²) >= 11 is 0. The second kappa shape index (κ2) is 7.56. The van der Waals surface area contributed by atoms with E-state index in [1.165, 1.54) is 10.8 Å². The SMILES string of the molecule is c1ccc2c(c1)ccc1c2oc2cccc(-c3ccc4oc5c6oc7ccccc7c6c6ccccc6c5c4c3)c21. The molecule has 0 bridgehead atoms. The highest BCUT2D eigenvalue weighted by atomic mass is 16.4. The maximum absolute atomic E-state index is 6.57. The molecule has 3 nitrogen and oxygen atoms in total. The van der Waals surface area contributed by atoms with Gasteiger partial charge in [-0.1, -0.05) is 91.0 Å². The fourth-order valence-electron chi connectivity index (χ4n) is 6.88. The van der Waals surface area contributed by atoms with Crippen LogP contribution in [-0.2, 0) is 0 Å². The third kappa shape index (κ3) is 2.72. The van der Waals surface area contributed by atoms with Gasteiger partial charge in [-0.3, -0.25) is 0 Å². The fraction of sp³-hybridized carbons (Fsp3) is 0. The van der Waals surface area contributed by atoms with E-state index in [1.807, 2.05) is 12.1 Å². The van der Waals surface area contributed by atoms with Gasteiger partial charge < -0.3 is 13.3 Å². The van der Waals surface area contributed by atoms with Crippen LogP contribution in [0.25, 0.3) is 98.5 Å². The molecule has 0 saturated carbocycles. The predicted molar refractivity (Wildman–Crippen MR) is 169 cm³/mol. The summed E-state index contributed by atoms with van der Waals surface area (Å²) in [4.78, 5) is 0. The minimum atomic E-state index is 0.792. The van der Waals surface area contributed by atoms with Crippen molar-refractivity contribution in [2.24, 2.45) is 0 Å². The summed E-state index contributed by atoms with van der Waals surface area (Å²) in [5.41, 5.74) is 7.38. The topological polar surface area (TPSA) is 39.4 Å². The Hall–Kier alpha value is -5.54. The van der Waals surface area contributed by atoms with Crippen LogP contribution in [0.15, 0.2) is 135 Å². The number of hydrogen-bond donors (Lipinski definition) is 0. The van der Waals surface area contributed by atoms with Gasteiger partial charge in [-0.25, -0.2) is 0 Å². The minimum absolute atomic E-state index is 0.792. The van der Waals surface area contributed by atoms with Crippen molar-refractivity contribution < 1.29 is 13.3 Å². The number of furan rings is 3. The molecule has 0 saturated heterocycles. The molecule has 0 atom stereocenters. The van der Waals surface area contributed by atoms with Gasteiger partial charge in [0.25, 0.3) is 0 Å². The van der Waals surface area contributed by atoms with Crippen LogP contribution in [0, 0.1) is 0 Å². The Kier molecular flexibility index (Phi) is 3.93. The number of para-hydroxylation sites is 1. The van der Waals surface area contributed by atoms with Crippen LogP contribution in [0.2, 0.25) is 0 Å². The Balaban J connectivity index is 1.32. The first-order valence-electron chi connectivity index (χ1n) is 13.8. The van der Waals surface area contributed by atoms with E-state index in [9.17, 15) is 0 Å². The van der Waals surface area contributed by atoms with Gasteiger partial charge in [-0.15, -0.1) is 0 Å². The lowest BCUT2D eigenvalue weighted by atomic mass is 9.95. The first kappa shape index (κ1) is 21.3. The average Bonchev–Trinajstić information content (AvgIpc) is 3.72. The molecule has 41 heavy (non-hydrogen) atoms. The molecule has 3 heterocycles. The molecule has 0 aliphatic rings. The van der Waals surface area contributed by atoms with Crippen LogP contribution >= 0.6 is 0 Å². The molecule has 0 fully saturated rings. The maximum atomic E-state index is 6.57. The van der Waals surface area contributed by atoms with E-state index in [0.717, 1.165) is 87.7 Å². The standard InChI is InChI=1S/C38H20O3/c1-2-9-24-21(8-1)16-18-28-33-23(13-7-15-32(33)41-36(24)28)22-17-19-31-29(20-22)35-26-11-4-3-10-25(26)34-27-12-5-6-14-30(27)39-37(34)38(35)40-31/h1-20H. The fourth-order valence-corrected chi connectivity index (χ4v) is 6.88. The van der Waals surface area contributed by atoms with Crippen LogP contribution in [0.4, 0.5) is 0 Å². The maximum Gasteiger partial charge on any atom is 0.179 e. The molecule has 190 valence electrons. The molecular formula is C38H20O3. The summed E-state index contributed by atoms with van der Waals surface area (Å²) in [7, 11) is 0. The molecule has 3 aromatic heterocycles. The minimum Gasteiger partial charge on any atom is -0.455 e. The van der Waals surface area contributed by atoms with Crippen molar-refractivity contribution in [3.63, 3.8) is 0 Å². The zero-order valence-corrected chi connectivity index (χ0v) is 21.8. The van der Waals surface area contributed by atoms with E-state index in [0.29, 0.717) is 0 Å². The van der Waals surface area contributed by atoms with Crippen molar-refractivity contribution in [1.82, 2.24) is 0 Å². The lowest BCUT2D eigenvalue weighted by Gasteiger charge is -2.05. The van der Waals surface area contributed by atoms with Gasteiger partial charge in [0.15, 0.2) is 11.2 Å². The van der Waals surface area contributed by atoms with Gasteiger partial charge in [0.1, 0.15) is 22.3 Å². The molecule has 0 spiro atoms. The lowest BCUT2D eigenvalue weighted by Crippen LogP contribution is -1.81. The molecule has 0 aliphatic heterocycles. The number of hydrogen-bond acceptors (Lipinski definition) is 3. The Morgan fingerprint density at radius 2 is 0.976 bits per heavy atom. The summed E-state index contributed by atoms with van der Waals surface area (Å²) in [5.74, 6) is 0. The van der Waals surface area contributed by atoms with Gasteiger partial charge in [-0.05, 0) is 57.6 Å². The van der Waals surface area contributed by atoms with Crippen LogP contribution in [0.5, 0.6) is 0 Å². The average molecular weight is 525 g/mol. The molecule has 0 N–H and O–H groups in total. The van der Waals surface area contributed by atoms with Gasteiger partial charge in [0.2, 0.25) is 0 Å². The van der Waals surface area contributed by atoms with E-state index in [4.69, 9.17) is 13.3 Å². The molecule has 0 radical (unpaired) electrons. The zero-order valence-electron chi connectivity index (χ0n) is 21.8. The summed E-state index contributed by atoms with van der Waals surface area (Å²) in [6.07, 6.45) is 0. The quantitative estimate of drug-likeness (QED) is 0.214. The predicted octanol–water partition coefficient (Wildman–Crippen LogP) is 11.4. The van der Waals surface area contributed by atoms with Crippen molar-refractivity contribution in [1.29, 1.82) is 0 Å². The van der Waals surface area contributed by atoms with Gasteiger partial charge in [-0.2, -0.15) is 0 Å². The first-order chi connectivity index (χ1) is 20.3. The van der Waals surface area contributed by atoms with Gasteiger partial charge in [0, 0.05) is 37.7 Å². The van der Waals surface area contributed by atoms with Crippen molar-refractivity contribution in [3.05, 3.63) is 121 Å². The second-order valence-corrected chi connectivity index (χ2v) is 10.8. The molecule has 0 amide bonds. The van der Waals surface area contributed by atoms with Gasteiger partial charge >= 0.3 is 0 Å². The number of rotatable bonds is 1. The smallest absolute Gasteiger partial charge is 0.179 e. The summed E-state index contributed by atoms with van der Waals surface area (Å²) in [6.45, 7) is 0. The number of benzene rings is 7. The molecule has 7 aromatic carbocycles. The van der Waals surface area contributed by atoms with E-state index >= 15 is 0 Å². The molecule has 10 aromatic rings. The highest BCUT2D eigenvalue weighted by molar-refractivity contribution is 6.33. The van der Waals surface area contributed by atoms with E-state index in [1.54, 1.807) is 0 Å². The Bertz CT molecular complexity index is 2700. The Morgan fingerprint density at radius 1 is 0.341 bits per heavy atom. The van der Waals surface area contributed by atoms with Crippen molar-refractivity contribution >= 4 is 87.4 Å². The molecule has 0 unspecified atom stereocenters. The molecule has 10 rings (SSSR count).